The fourth-order valence-electron chi connectivity index (χ4n) is 1.15. The second-order valence-corrected chi connectivity index (χ2v) is 5.84. The van der Waals surface area contributed by atoms with Gasteiger partial charge in [0.1, 0.15) is 6.10 Å². The summed E-state index contributed by atoms with van der Waals surface area (Å²) in [6.45, 7) is 6.94. The van der Waals surface area contributed by atoms with Gasteiger partial charge in [-0.3, -0.25) is 0 Å². The lowest BCUT2D eigenvalue weighted by Crippen LogP contribution is -2.23. The Bertz CT molecular complexity index is 301. The molecule has 4 heteroatoms. The molecule has 0 spiro atoms. The van der Waals surface area contributed by atoms with Crippen molar-refractivity contribution >= 4 is 27.3 Å². The van der Waals surface area contributed by atoms with Gasteiger partial charge in [-0.25, -0.2) is 0 Å². The number of rotatable bonds is 5. The molecule has 0 aliphatic heterocycles. The largest absolute Gasteiger partial charge is 0.368 e. The Balaban J connectivity index is 2.64. The van der Waals surface area contributed by atoms with Gasteiger partial charge >= 0.3 is 0 Å². The average Bonchev–Trinajstić information content (AvgIpc) is 2.60. The molecule has 86 valence electrons. The molecule has 2 nitrogen and oxygen atoms in total. The van der Waals surface area contributed by atoms with E-state index in [0.29, 0.717) is 12.5 Å². The van der Waals surface area contributed by atoms with E-state index in [1.165, 1.54) is 4.88 Å². The molecule has 2 N–H and O–H groups in total. The number of hydrogen-bond acceptors (Lipinski definition) is 3. The van der Waals surface area contributed by atoms with Crippen LogP contribution in [0, 0.1) is 5.92 Å². The van der Waals surface area contributed by atoms with Crippen LogP contribution in [-0.2, 0) is 4.74 Å². The van der Waals surface area contributed by atoms with Crippen LogP contribution in [0.15, 0.2) is 15.9 Å². The molecule has 1 rings (SSSR count). The SMILES string of the molecule is CC(C)C(C)OC(CN)c1cc(Br)cs1. The average molecular weight is 292 g/mol. The van der Waals surface area contributed by atoms with Crippen LogP contribution in [0.5, 0.6) is 0 Å². The summed E-state index contributed by atoms with van der Waals surface area (Å²) in [5, 5.41) is 2.06. The van der Waals surface area contributed by atoms with Crippen LogP contribution in [0.4, 0.5) is 0 Å². The first-order valence-electron chi connectivity index (χ1n) is 5.14. The van der Waals surface area contributed by atoms with Crippen molar-refractivity contribution in [1.29, 1.82) is 0 Å². The highest BCUT2D eigenvalue weighted by Crippen LogP contribution is 2.29. The van der Waals surface area contributed by atoms with Crippen molar-refractivity contribution in [2.45, 2.75) is 33.0 Å². The topological polar surface area (TPSA) is 35.2 Å². The lowest BCUT2D eigenvalue weighted by Gasteiger charge is -2.22. The van der Waals surface area contributed by atoms with Crippen molar-refractivity contribution in [2.24, 2.45) is 11.7 Å². The zero-order valence-corrected chi connectivity index (χ0v) is 11.8. The van der Waals surface area contributed by atoms with Crippen molar-refractivity contribution in [3.8, 4) is 0 Å². The first kappa shape index (κ1) is 13.2. The summed E-state index contributed by atoms with van der Waals surface area (Å²) in [5.74, 6) is 0.516. The summed E-state index contributed by atoms with van der Waals surface area (Å²) in [6.07, 6.45) is 0.262. The molecule has 0 saturated carbocycles. The third-order valence-electron chi connectivity index (χ3n) is 2.44. The lowest BCUT2D eigenvalue weighted by molar-refractivity contribution is -0.0203. The molecule has 0 aliphatic carbocycles. The monoisotopic (exact) mass is 291 g/mol. The molecule has 1 heterocycles. The summed E-state index contributed by atoms with van der Waals surface area (Å²) in [6, 6.07) is 2.08. The van der Waals surface area contributed by atoms with Crippen LogP contribution in [0.2, 0.25) is 0 Å². The van der Waals surface area contributed by atoms with E-state index in [1.54, 1.807) is 11.3 Å². The summed E-state index contributed by atoms with van der Waals surface area (Å²) >= 11 is 5.12. The van der Waals surface area contributed by atoms with Gasteiger partial charge in [0.05, 0.1) is 6.10 Å². The van der Waals surface area contributed by atoms with Crippen molar-refractivity contribution in [1.82, 2.24) is 0 Å². The molecule has 15 heavy (non-hydrogen) atoms. The standard InChI is InChI=1S/C11H18BrNOS/c1-7(2)8(3)14-10(5-13)11-4-9(12)6-15-11/h4,6-8,10H,5,13H2,1-3H3. The Labute approximate surface area is 104 Å². The Hall–Kier alpha value is 0.1000. The van der Waals surface area contributed by atoms with E-state index < -0.39 is 0 Å². The summed E-state index contributed by atoms with van der Waals surface area (Å²) in [5.41, 5.74) is 5.73. The van der Waals surface area contributed by atoms with E-state index in [2.05, 4.69) is 48.1 Å². The van der Waals surface area contributed by atoms with Crippen LogP contribution in [0.1, 0.15) is 31.8 Å². The summed E-state index contributed by atoms with van der Waals surface area (Å²) in [4.78, 5) is 1.19. The van der Waals surface area contributed by atoms with Crippen LogP contribution in [-0.4, -0.2) is 12.6 Å². The highest BCUT2D eigenvalue weighted by Gasteiger charge is 2.17. The third kappa shape index (κ3) is 3.87. The molecular weight excluding hydrogens is 274 g/mol. The van der Waals surface area contributed by atoms with E-state index >= 15 is 0 Å². The van der Waals surface area contributed by atoms with Gasteiger partial charge in [-0.1, -0.05) is 13.8 Å². The molecule has 1 aromatic rings. The van der Waals surface area contributed by atoms with Crippen LogP contribution < -0.4 is 5.73 Å². The smallest absolute Gasteiger partial charge is 0.104 e. The Kier molecular flexibility index (Phi) is 5.26. The molecular formula is C11H18BrNOS. The van der Waals surface area contributed by atoms with Gasteiger partial charge in [0.25, 0.3) is 0 Å². The summed E-state index contributed by atoms with van der Waals surface area (Å²) in [7, 11) is 0. The normalized spacial score (nSPS) is 15.6. The molecule has 0 saturated heterocycles. The van der Waals surface area contributed by atoms with Crippen LogP contribution in [0.3, 0.4) is 0 Å². The van der Waals surface area contributed by atoms with Crippen molar-refractivity contribution in [3.05, 3.63) is 20.8 Å². The molecule has 0 bridgehead atoms. The number of nitrogens with two attached hydrogens (primary N) is 1. The maximum atomic E-state index is 5.93. The maximum absolute atomic E-state index is 5.93. The molecule has 0 fully saturated rings. The first-order valence-corrected chi connectivity index (χ1v) is 6.81. The Morgan fingerprint density at radius 1 is 1.47 bits per heavy atom. The molecule has 0 amide bonds. The lowest BCUT2D eigenvalue weighted by atomic mass is 10.1. The van der Waals surface area contributed by atoms with Gasteiger partial charge < -0.3 is 10.5 Å². The van der Waals surface area contributed by atoms with Gasteiger partial charge in [-0.15, -0.1) is 11.3 Å². The maximum Gasteiger partial charge on any atom is 0.104 e. The second-order valence-electron chi connectivity index (χ2n) is 3.98. The van der Waals surface area contributed by atoms with Crippen molar-refractivity contribution in [3.63, 3.8) is 0 Å². The minimum atomic E-state index is 0.0266. The zero-order chi connectivity index (χ0) is 11.4. The van der Waals surface area contributed by atoms with Crippen molar-refractivity contribution in [2.75, 3.05) is 6.54 Å². The van der Waals surface area contributed by atoms with Gasteiger partial charge in [0.15, 0.2) is 0 Å². The van der Waals surface area contributed by atoms with E-state index in [9.17, 15) is 0 Å². The Morgan fingerprint density at radius 3 is 2.53 bits per heavy atom. The zero-order valence-electron chi connectivity index (χ0n) is 9.37. The number of ether oxygens (including phenoxy) is 1. The molecule has 0 aliphatic rings. The number of hydrogen-bond donors (Lipinski definition) is 1. The highest BCUT2D eigenvalue weighted by atomic mass is 79.9. The van der Waals surface area contributed by atoms with Crippen molar-refractivity contribution < 1.29 is 4.74 Å². The van der Waals surface area contributed by atoms with Gasteiger partial charge in [0, 0.05) is 21.3 Å². The van der Waals surface area contributed by atoms with Gasteiger partial charge in [0.2, 0.25) is 0 Å². The van der Waals surface area contributed by atoms with E-state index in [1.807, 2.05) is 0 Å². The fraction of sp³-hybridized carbons (Fsp3) is 0.636. The predicted octanol–water partition coefficient (Wildman–Crippen LogP) is 3.57. The second kappa shape index (κ2) is 5.99. The minimum Gasteiger partial charge on any atom is -0.368 e. The number of thiophene rings is 1. The quantitative estimate of drug-likeness (QED) is 0.900. The predicted molar refractivity (Wildman–Crippen MR) is 69.2 cm³/mol. The minimum absolute atomic E-state index is 0.0266. The molecule has 0 aromatic carbocycles. The molecule has 2 atom stereocenters. The van der Waals surface area contributed by atoms with E-state index in [0.717, 1.165) is 4.47 Å². The summed E-state index contributed by atoms with van der Waals surface area (Å²) < 4.78 is 7.02. The van der Waals surface area contributed by atoms with E-state index in [4.69, 9.17) is 10.5 Å². The van der Waals surface area contributed by atoms with Gasteiger partial charge in [-0.05, 0) is 34.8 Å². The highest BCUT2D eigenvalue weighted by molar-refractivity contribution is 9.10. The van der Waals surface area contributed by atoms with Crippen LogP contribution in [0.25, 0.3) is 0 Å². The Morgan fingerprint density at radius 2 is 2.13 bits per heavy atom. The molecule has 2 unspecified atom stereocenters. The van der Waals surface area contributed by atoms with Gasteiger partial charge in [-0.2, -0.15) is 0 Å². The van der Waals surface area contributed by atoms with E-state index in [-0.39, 0.29) is 12.2 Å². The molecule has 0 radical (unpaired) electrons. The van der Waals surface area contributed by atoms with Crippen LogP contribution >= 0.6 is 27.3 Å². The number of halogens is 1. The fourth-order valence-corrected chi connectivity index (χ4v) is 2.65. The first-order chi connectivity index (χ1) is 7.04. The third-order valence-corrected chi connectivity index (χ3v) is 4.22. The molecule has 1 aromatic heterocycles.